The first-order valence-corrected chi connectivity index (χ1v) is 8.16. The summed E-state index contributed by atoms with van der Waals surface area (Å²) >= 11 is 0. The van der Waals surface area contributed by atoms with Crippen LogP contribution in [0, 0.1) is 18.7 Å². The SMILES string of the molecule is CCCCCCC1CC=C(c2ccc(C)c(F)c2)CC1. The van der Waals surface area contributed by atoms with Crippen molar-refractivity contribution in [1.29, 1.82) is 0 Å². The van der Waals surface area contributed by atoms with Gasteiger partial charge >= 0.3 is 0 Å². The second kappa shape index (κ2) is 7.61. The molecule has 0 spiro atoms. The van der Waals surface area contributed by atoms with Gasteiger partial charge in [0.15, 0.2) is 0 Å². The van der Waals surface area contributed by atoms with Crippen molar-refractivity contribution in [2.45, 2.75) is 65.2 Å². The molecular weight excluding hydrogens is 247 g/mol. The van der Waals surface area contributed by atoms with Crippen molar-refractivity contribution in [1.82, 2.24) is 0 Å². The van der Waals surface area contributed by atoms with E-state index in [1.165, 1.54) is 50.5 Å². The smallest absolute Gasteiger partial charge is 0.126 e. The van der Waals surface area contributed by atoms with Crippen molar-refractivity contribution in [3.8, 4) is 0 Å². The van der Waals surface area contributed by atoms with Crippen molar-refractivity contribution < 1.29 is 4.39 Å². The van der Waals surface area contributed by atoms with Gasteiger partial charge in [0.25, 0.3) is 0 Å². The number of aryl methyl sites for hydroxylation is 1. The first-order chi connectivity index (χ1) is 9.70. The first kappa shape index (κ1) is 15.3. The summed E-state index contributed by atoms with van der Waals surface area (Å²) in [5.74, 6) is 0.774. The molecule has 20 heavy (non-hydrogen) atoms. The Kier molecular flexibility index (Phi) is 5.82. The summed E-state index contributed by atoms with van der Waals surface area (Å²) in [5, 5.41) is 0. The van der Waals surface area contributed by atoms with Crippen LogP contribution in [0.25, 0.3) is 5.57 Å². The van der Waals surface area contributed by atoms with Gasteiger partial charge in [0, 0.05) is 0 Å². The molecule has 0 radical (unpaired) electrons. The molecule has 1 aliphatic carbocycles. The van der Waals surface area contributed by atoms with Gasteiger partial charge in [0.1, 0.15) is 5.82 Å². The van der Waals surface area contributed by atoms with Crippen LogP contribution in [0.4, 0.5) is 4.39 Å². The Labute approximate surface area is 123 Å². The standard InChI is InChI=1S/C19H27F/c1-3-4-5-6-7-16-9-12-17(13-10-16)18-11-8-15(2)19(20)14-18/h8,11-12,14,16H,3-7,9-10,13H2,1-2H3. The van der Waals surface area contributed by atoms with Crippen LogP contribution >= 0.6 is 0 Å². The number of halogens is 1. The molecule has 1 unspecified atom stereocenters. The Bertz CT molecular complexity index is 459. The molecule has 0 fully saturated rings. The van der Waals surface area contributed by atoms with Gasteiger partial charge in [0.2, 0.25) is 0 Å². The van der Waals surface area contributed by atoms with Crippen LogP contribution in [0.15, 0.2) is 24.3 Å². The highest BCUT2D eigenvalue weighted by atomic mass is 19.1. The average molecular weight is 274 g/mol. The van der Waals surface area contributed by atoms with Crippen molar-refractivity contribution in [2.75, 3.05) is 0 Å². The maximum atomic E-state index is 13.6. The minimum atomic E-state index is -0.0786. The summed E-state index contributed by atoms with van der Waals surface area (Å²) in [6.07, 6.45) is 12.7. The molecule has 0 nitrogen and oxygen atoms in total. The summed E-state index contributed by atoms with van der Waals surface area (Å²) in [7, 11) is 0. The second-order valence-electron chi connectivity index (χ2n) is 6.18. The van der Waals surface area contributed by atoms with E-state index in [0.29, 0.717) is 0 Å². The zero-order valence-corrected chi connectivity index (χ0v) is 12.9. The topological polar surface area (TPSA) is 0 Å². The van der Waals surface area contributed by atoms with Crippen molar-refractivity contribution >= 4 is 5.57 Å². The lowest BCUT2D eigenvalue weighted by molar-refractivity contribution is 0.425. The molecule has 1 aliphatic rings. The molecule has 1 aromatic rings. The number of benzene rings is 1. The van der Waals surface area contributed by atoms with E-state index in [1.54, 1.807) is 6.07 Å². The fraction of sp³-hybridized carbons (Fsp3) is 0.579. The van der Waals surface area contributed by atoms with Crippen LogP contribution < -0.4 is 0 Å². The predicted octanol–water partition coefficient (Wildman–Crippen LogP) is 6.29. The number of rotatable bonds is 6. The molecule has 0 saturated carbocycles. The molecule has 1 atom stereocenters. The van der Waals surface area contributed by atoms with Crippen LogP contribution in [0.1, 0.15) is 69.4 Å². The van der Waals surface area contributed by atoms with E-state index in [9.17, 15) is 4.39 Å². The summed E-state index contributed by atoms with van der Waals surface area (Å²) in [5.41, 5.74) is 3.16. The lowest BCUT2D eigenvalue weighted by atomic mass is 9.83. The Hall–Kier alpha value is -1.11. The largest absolute Gasteiger partial charge is 0.207 e. The third-order valence-corrected chi connectivity index (χ3v) is 4.53. The quantitative estimate of drug-likeness (QED) is 0.535. The Morgan fingerprint density at radius 1 is 1.20 bits per heavy atom. The summed E-state index contributed by atoms with van der Waals surface area (Å²) < 4.78 is 13.6. The third-order valence-electron chi connectivity index (χ3n) is 4.53. The van der Waals surface area contributed by atoms with Crippen molar-refractivity contribution in [3.05, 3.63) is 41.2 Å². The van der Waals surface area contributed by atoms with Crippen molar-refractivity contribution in [2.24, 2.45) is 5.92 Å². The van der Waals surface area contributed by atoms with Crippen LogP contribution in [-0.4, -0.2) is 0 Å². The second-order valence-corrected chi connectivity index (χ2v) is 6.18. The lowest BCUT2D eigenvalue weighted by Gasteiger charge is -2.22. The fourth-order valence-electron chi connectivity index (χ4n) is 3.07. The first-order valence-electron chi connectivity index (χ1n) is 8.16. The molecule has 110 valence electrons. The van der Waals surface area contributed by atoms with Gasteiger partial charge in [-0.3, -0.25) is 0 Å². The van der Waals surface area contributed by atoms with Gasteiger partial charge in [-0.1, -0.05) is 57.2 Å². The summed E-state index contributed by atoms with van der Waals surface area (Å²) in [6, 6.07) is 5.65. The minimum absolute atomic E-state index is 0.0786. The molecule has 1 aromatic carbocycles. The van der Waals surface area contributed by atoms with Gasteiger partial charge in [-0.05, 0) is 54.9 Å². The highest BCUT2D eigenvalue weighted by Crippen LogP contribution is 2.33. The van der Waals surface area contributed by atoms with Crippen LogP contribution in [-0.2, 0) is 0 Å². The fourth-order valence-corrected chi connectivity index (χ4v) is 3.07. The molecule has 0 amide bonds. The van der Waals surface area contributed by atoms with Gasteiger partial charge < -0.3 is 0 Å². The monoisotopic (exact) mass is 274 g/mol. The zero-order valence-electron chi connectivity index (χ0n) is 12.9. The predicted molar refractivity (Wildman–Crippen MR) is 85.2 cm³/mol. The van der Waals surface area contributed by atoms with Gasteiger partial charge in [-0.2, -0.15) is 0 Å². The van der Waals surface area contributed by atoms with Crippen LogP contribution in [0.5, 0.6) is 0 Å². The molecular formula is C19H27F. The van der Waals surface area contributed by atoms with E-state index in [1.807, 2.05) is 13.0 Å². The normalized spacial score (nSPS) is 18.9. The van der Waals surface area contributed by atoms with Crippen LogP contribution in [0.3, 0.4) is 0 Å². The maximum Gasteiger partial charge on any atom is 0.126 e. The molecule has 0 N–H and O–H groups in total. The van der Waals surface area contributed by atoms with Gasteiger partial charge in [-0.25, -0.2) is 4.39 Å². The number of hydrogen-bond donors (Lipinski definition) is 0. The molecule has 0 bridgehead atoms. The van der Waals surface area contributed by atoms with E-state index in [4.69, 9.17) is 0 Å². The maximum absolute atomic E-state index is 13.6. The molecule has 1 heteroatoms. The Morgan fingerprint density at radius 2 is 2.05 bits per heavy atom. The lowest BCUT2D eigenvalue weighted by Crippen LogP contribution is -2.05. The number of unbranched alkanes of at least 4 members (excludes halogenated alkanes) is 3. The molecule has 0 saturated heterocycles. The summed E-state index contributed by atoms with van der Waals surface area (Å²) in [6.45, 7) is 4.08. The Balaban J connectivity index is 1.87. The summed E-state index contributed by atoms with van der Waals surface area (Å²) in [4.78, 5) is 0. The molecule has 0 heterocycles. The van der Waals surface area contributed by atoms with Gasteiger partial charge in [-0.15, -0.1) is 0 Å². The highest BCUT2D eigenvalue weighted by molar-refractivity contribution is 5.66. The van der Waals surface area contributed by atoms with Crippen molar-refractivity contribution in [3.63, 3.8) is 0 Å². The highest BCUT2D eigenvalue weighted by Gasteiger charge is 2.15. The van der Waals surface area contributed by atoms with Gasteiger partial charge in [0.05, 0.1) is 0 Å². The zero-order chi connectivity index (χ0) is 14.4. The average Bonchev–Trinajstić information content (AvgIpc) is 2.47. The molecule has 0 aliphatic heterocycles. The Morgan fingerprint density at radius 3 is 2.70 bits per heavy atom. The van der Waals surface area contributed by atoms with E-state index < -0.39 is 0 Å². The number of allylic oxidation sites excluding steroid dienone is 2. The number of hydrogen-bond acceptors (Lipinski definition) is 0. The van der Waals surface area contributed by atoms with E-state index in [0.717, 1.165) is 23.5 Å². The van der Waals surface area contributed by atoms with E-state index >= 15 is 0 Å². The van der Waals surface area contributed by atoms with Crippen LogP contribution in [0.2, 0.25) is 0 Å². The minimum Gasteiger partial charge on any atom is -0.207 e. The molecule has 0 aromatic heterocycles. The molecule has 2 rings (SSSR count). The third kappa shape index (κ3) is 4.19. The van der Waals surface area contributed by atoms with E-state index in [-0.39, 0.29) is 5.82 Å². The van der Waals surface area contributed by atoms with E-state index in [2.05, 4.69) is 19.1 Å².